The van der Waals surface area contributed by atoms with Gasteiger partial charge in [-0.15, -0.1) is 5.06 Å². The maximum atomic E-state index is 5.72. The fourth-order valence-corrected chi connectivity index (χ4v) is 1.94. The summed E-state index contributed by atoms with van der Waals surface area (Å²) in [4.78, 5) is 5.32. The van der Waals surface area contributed by atoms with Crippen LogP contribution in [0.1, 0.15) is 11.5 Å². The van der Waals surface area contributed by atoms with Gasteiger partial charge in [-0.05, 0) is 5.56 Å². The topological polar surface area (TPSA) is 12.5 Å². The van der Waals surface area contributed by atoms with Crippen LogP contribution in [-0.2, 0) is 4.84 Å². The molecular formula is C10H10Cl3NO. The summed E-state index contributed by atoms with van der Waals surface area (Å²) in [5.41, 5.74) is 1.20. The molecule has 0 N–H and O–H groups in total. The van der Waals surface area contributed by atoms with Crippen LogP contribution >= 0.6 is 34.8 Å². The van der Waals surface area contributed by atoms with Crippen molar-refractivity contribution in [3.63, 3.8) is 0 Å². The summed E-state index contributed by atoms with van der Waals surface area (Å²) in [6, 6.07) is 10.1. The van der Waals surface area contributed by atoms with Crippen molar-refractivity contribution < 1.29 is 4.84 Å². The van der Waals surface area contributed by atoms with Crippen LogP contribution in [0.25, 0.3) is 0 Å². The number of hydroxylamine groups is 2. The Bertz CT molecular complexity index is 325. The van der Waals surface area contributed by atoms with E-state index in [1.54, 1.807) is 0 Å². The molecule has 2 nitrogen and oxygen atoms in total. The van der Waals surface area contributed by atoms with Gasteiger partial charge in [0, 0.05) is 12.5 Å². The molecule has 0 aromatic heterocycles. The lowest BCUT2D eigenvalue weighted by atomic mass is 10.0. The molecule has 1 aromatic carbocycles. The first kappa shape index (κ1) is 11.5. The number of nitrogens with zero attached hydrogens (tertiary/aromatic N) is 1. The van der Waals surface area contributed by atoms with E-state index in [1.165, 1.54) is 10.6 Å². The van der Waals surface area contributed by atoms with E-state index < -0.39 is 3.92 Å². The van der Waals surface area contributed by atoms with Gasteiger partial charge in [0.2, 0.25) is 0 Å². The summed E-state index contributed by atoms with van der Waals surface area (Å²) < 4.78 is -1.48. The van der Waals surface area contributed by atoms with Gasteiger partial charge < -0.3 is 0 Å². The smallest absolute Gasteiger partial charge is 0.269 e. The third-order valence-electron chi connectivity index (χ3n) is 2.37. The normalized spacial score (nSPS) is 23.3. The molecule has 1 atom stereocenters. The van der Waals surface area contributed by atoms with Crippen LogP contribution < -0.4 is 0 Å². The van der Waals surface area contributed by atoms with Crippen molar-refractivity contribution in [1.29, 1.82) is 0 Å². The van der Waals surface area contributed by atoms with Crippen LogP contribution in [0.5, 0.6) is 0 Å². The van der Waals surface area contributed by atoms with E-state index in [-0.39, 0.29) is 5.92 Å². The molecule has 15 heavy (non-hydrogen) atoms. The molecule has 2 rings (SSSR count). The van der Waals surface area contributed by atoms with E-state index >= 15 is 0 Å². The van der Waals surface area contributed by atoms with Crippen LogP contribution in [-0.4, -0.2) is 22.1 Å². The molecule has 0 aliphatic carbocycles. The predicted molar refractivity (Wildman–Crippen MR) is 62.1 cm³/mol. The average Bonchev–Trinajstić information content (AvgIpc) is 2.67. The lowest BCUT2D eigenvalue weighted by Gasteiger charge is -2.21. The molecule has 5 heteroatoms. The molecule has 1 aliphatic heterocycles. The molecule has 1 unspecified atom stereocenters. The highest BCUT2D eigenvalue weighted by Crippen LogP contribution is 2.37. The molecule has 1 fully saturated rings. The van der Waals surface area contributed by atoms with Crippen molar-refractivity contribution in [3.05, 3.63) is 35.9 Å². The van der Waals surface area contributed by atoms with Gasteiger partial charge in [-0.2, -0.15) is 0 Å². The first-order chi connectivity index (χ1) is 7.07. The van der Waals surface area contributed by atoms with Gasteiger partial charge in [-0.3, -0.25) is 4.84 Å². The Balaban J connectivity index is 2.05. The Morgan fingerprint density at radius 1 is 1.20 bits per heavy atom. The zero-order valence-electron chi connectivity index (χ0n) is 7.87. The Hall–Kier alpha value is 0.01000. The summed E-state index contributed by atoms with van der Waals surface area (Å²) >= 11 is 17.2. The second kappa shape index (κ2) is 4.48. The lowest BCUT2D eigenvalue weighted by molar-refractivity contribution is -0.114. The highest BCUT2D eigenvalue weighted by atomic mass is 35.6. The van der Waals surface area contributed by atoms with Gasteiger partial charge in [0.15, 0.2) is 0 Å². The number of hydrogen-bond donors (Lipinski definition) is 0. The molecule has 0 amide bonds. The summed E-state index contributed by atoms with van der Waals surface area (Å²) in [7, 11) is 0. The van der Waals surface area contributed by atoms with Gasteiger partial charge >= 0.3 is 0 Å². The van der Waals surface area contributed by atoms with E-state index in [1.807, 2.05) is 18.2 Å². The van der Waals surface area contributed by atoms with E-state index in [4.69, 9.17) is 39.6 Å². The van der Waals surface area contributed by atoms with Crippen molar-refractivity contribution in [2.24, 2.45) is 0 Å². The quantitative estimate of drug-likeness (QED) is 0.571. The zero-order valence-corrected chi connectivity index (χ0v) is 10.1. The molecule has 0 bridgehead atoms. The van der Waals surface area contributed by atoms with Crippen LogP contribution in [0, 0.1) is 0 Å². The Morgan fingerprint density at radius 2 is 1.87 bits per heavy atom. The second-order valence-electron chi connectivity index (χ2n) is 3.43. The number of benzene rings is 1. The van der Waals surface area contributed by atoms with E-state index in [0.29, 0.717) is 13.2 Å². The van der Waals surface area contributed by atoms with Gasteiger partial charge in [0.25, 0.3) is 3.92 Å². The number of halogens is 3. The van der Waals surface area contributed by atoms with Gasteiger partial charge in [-0.1, -0.05) is 65.1 Å². The van der Waals surface area contributed by atoms with Crippen LogP contribution in [0.3, 0.4) is 0 Å². The summed E-state index contributed by atoms with van der Waals surface area (Å²) in [6.07, 6.45) is 0. The molecule has 0 spiro atoms. The van der Waals surface area contributed by atoms with Gasteiger partial charge in [0.1, 0.15) is 0 Å². The molecule has 1 aromatic rings. The van der Waals surface area contributed by atoms with Crippen molar-refractivity contribution in [1.82, 2.24) is 5.06 Å². The van der Waals surface area contributed by atoms with Gasteiger partial charge in [0.05, 0.1) is 6.61 Å². The molecule has 0 saturated carbocycles. The SMILES string of the molecule is ClC(Cl)(Cl)N1CC(c2ccccc2)CO1. The number of hydrogen-bond acceptors (Lipinski definition) is 2. The maximum absolute atomic E-state index is 5.72. The second-order valence-corrected chi connectivity index (χ2v) is 5.65. The minimum absolute atomic E-state index is 0.266. The third-order valence-corrected chi connectivity index (χ3v) is 2.94. The largest absolute Gasteiger partial charge is 0.294 e. The standard InChI is InChI=1S/C10H10Cl3NO/c11-10(12,13)14-6-9(7-15-14)8-4-2-1-3-5-8/h1-5,9H,6-7H2. The van der Waals surface area contributed by atoms with E-state index in [2.05, 4.69) is 12.1 Å². The monoisotopic (exact) mass is 265 g/mol. The molecule has 1 saturated heterocycles. The fourth-order valence-electron chi connectivity index (χ4n) is 1.59. The van der Waals surface area contributed by atoms with Crippen molar-refractivity contribution >= 4 is 34.8 Å². The Morgan fingerprint density at radius 3 is 2.40 bits per heavy atom. The van der Waals surface area contributed by atoms with E-state index in [0.717, 1.165) is 0 Å². The van der Waals surface area contributed by atoms with Crippen molar-refractivity contribution in [2.45, 2.75) is 9.83 Å². The number of rotatable bonds is 1. The Labute approximate surface area is 104 Å². The average molecular weight is 267 g/mol. The van der Waals surface area contributed by atoms with Crippen molar-refractivity contribution in [2.75, 3.05) is 13.2 Å². The summed E-state index contributed by atoms with van der Waals surface area (Å²) in [6.45, 7) is 1.15. The van der Waals surface area contributed by atoms with Crippen LogP contribution in [0.15, 0.2) is 30.3 Å². The van der Waals surface area contributed by atoms with Gasteiger partial charge in [-0.25, -0.2) is 0 Å². The minimum Gasteiger partial charge on any atom is -0.294 e. The first-order valence-electron chi connectivity index (χ1n) is 4.59. The maximum Gasteiger partial charge on any atom is 0.269 e. The summed E-state index contributed by atoms with van der Waals surface area (Å²) in [5.74, 6) is 0.266. The highest BCUT2D eigenvalue weighted by molar-refractivity contribution is 6.67. The van der Waals surface area contributed by atoms with Crippen LogP contribution in [0.2, 0.25) is 0 Å². The minimum atomic E-state index is -1.48. The summed E-state index contributed by atoms with van der Waals surface area (Å²) in [5, 5.41) is 1.38. The molecule has 82 valence electrons. The number of alkyl halides is 3. The fraction of sp³-hybridized carbons (Fsp3) is 0.400. The molecule has 1 heterocycles. The van der Waals surface area contributed by atoms with Crippen molar-refractivity contribution in [3.8, 4) is 0 Å². The predicted octanol–water partition coefficient (Wildman–Crippen LogP) is 3.35. The lowest BCUT2D eigenvalue weighted by Crippen LogP contribution is -2.31. The highest BCUT2D eigenvalue weighted by Gasteiger charge is 2.37. The molecule has 1 aliphatic rings. The van der Waals surface area contributed by atoms with E-state index in [9.17, 15) is 0 Å². The third kappa shape index (κ3) is 2.77. The first-order valence-corrected chi connectivity index (χ1v) is 5.73. The zero-order chi connectivity index (χ0) is 10.9. The molecule has 0 radical (unpaired) electrons. The Kier molecular flexibility index (Phi) is 3.43. The van der Waals surface area contributed by atoms with Crippen LogP contribution in [0.4, 0.5) is 0 Å². The molecular weight excluding hydrogens is 256 g/mol.